The van der Waals surface area contributed by atoms with E-state index < -0.39 is 0 Å². The first-order chi connectivity index (χ1) is 6.31. The fourth-order valence-corrected chi connectivity index (χ4v) is 7.20. The van der Waals surface area contributed by atoms with Crippen LogP contribution in [0.3, 0.4) is 0 Å². The minimum absolute atomic E-state index is 0.147. The van der Waals surface area contributed by atoms with Crippen LogP contribution in [0, 0.1) is 16.2 Å². The Hall–Kier alpha value is 0.720. The van der Waals surface area contributed by atoms with Gasteiger partial charge in [-0.3, -0.25) is 0 Å². The van der Waals surface area contributed by atoms with E-state index >= 15 is 0 Å². The summed E-state index contributed by atoms with van der Waals surface area (Å²) < 4.78 is 0. The standard InChI is InChI=1S/C13H28ClP/c1-10(2,3)13(15-14,11(4,5)6)12(7,8)9/h15H,1-9H3. The maximum Gasteiger partial charge on any atom is 0.0162 e. The number of halogens is 1. The van der Waals surface area contributed by atoms with Crippen molar-refractivity contribution in [3.63, 3.8) is 0 Å². The molecular weight excluding hydrogens is 223 g/mol. The highest BCUT2D eigenvalue weighted by Crippen LogP contribution is 2.66. The molecule has 0 N–H and O–H groups in total. The number of rotatable bonds is 1. The van der Waals surface area contributed by atoms with Crippen LogP contribution < -0.4 is 0 Å². The van der Waals surface area contributed by atoms with Gasteiger partial charge in [0.25, 0.3) is 0 Å². The predicted molar refractivity (Wildman–Crippen MR) is 75.3 cm³/mol. The molecule has 1 atom stereocenters. The van der Waals surface area contributed by atoms with E-state index in [0.717, 1.165) is 0 Å². The summed E-state index contributed by atoms with van der Waals surface area (Å²) in [5.74, 6) is 0. The van der Waals surface area contributed by atoms with Crippen LogP contribution in [0.25, 0.3) is 0 Å². The van der Waals surface area contributed by atoms with Crippen molar-refractivity contribution in [2.45, 2.75) is 67.5 Å². The third kappa shape index (κ3) is 2.52. The Morgan fingerprint density at radius 3 is 0.800 bits per heavy atom. The molecule has 0 fully saturated rings. The van der Waals surface area contributed by atoms with Crippen molar-refractivity contribution in [2.75, 3.05) is 0 Å². The lowest BCUT2D eigenvalue weighted by Crippen LogP contribution is -2.57. The van der Waals surface area contributed by atoms with Crippen molar-refractivity contribution in [2.24, 2.45) is 16.2 Å². The largest absolute Gasteiger partial charge is 0.0994 e. The quantitative estimate of drug-likeness (QED) is 0.524. The van der Waals surface area contributed by atoms with E-state index in [4.69, 9.17) is 11.2 Å². The van der Waals surface area contributed by atoms with Gasteiger partial charge < -0.3 is 0 Å². The van der Waals surface area contributed by atoms with Gasteiger partial charge in [-0.2, -0.15) is 0 Å². The fourth-order valence-electron chi connectivity index (χ4n) is 3.80. The summed E-state index contributed by atoms with van der Waals surface area (Å²) in [7, 11) is 0.446. The van der Waals surface area contributed by atoms with Crippen LogP contribution >= 0.6 is 19.2 Å². The van der Waals surface area contributed by atoms with Crippen molar-refractivity contribution < 1.29 is 0 Å². The Kier molecular flexibility index (Phi) is 4.39. The van der Waals surface area contributed by atoms with E-state index in [2.05, 4.69) is 62.3 Å². The summed E-state index contributed by atoms with van der Waals surface area (Å²) in [6, 6.07) is 0. The normalized spacial score (nSPS) is 16.4. The van der Waals surface area contributed by atoms with Crippen molar-refractivity contribution in [1.29, 1.82) is 0 Å². The molecule has 92 valence electrons. The maximum absolute atomic E-state index is 6.41. The van der Waals surface area contributed by atoms with Gasteiger partial charge in [0.05, 0.1) is 0 Å². The van der Waals surface area contributed by atoms with Crippen LogP contribution in [0.5, 0.6) is 0 Å². The van der Waals surface area contributed by atoms with Crippen molar-refractivity contribution >= 4 is 19.2 Å². The molecule has 0 aliphatic heterocycles. The molecule has 0 aromatic carbocycles. The lowest BCUT2D eigenvalue weighted by Gasteiger charge is -2.60. The molecule has 2 heteroatoms. The highest BCUT2D eigenvalue weighted by Gasteiger charge is 2.57. The first-order valence-corrected chi connectivity index (χ1v) is 7.70. The number of hydrogen-bond donors (Lipinski definition) is 0. The molecule has 0 aromatic heterocycles. The average molecular weight is 251 g/mol. The monoisotopic (exact) mass is 250 g/mol. The van der Waals surface area contributed by atoms with Gasteiger partial charge in [0.2, 0.25) is 0 Å². The minimum atomic E-state index is 0.147. The summed E-state index contributed by atoms with van der Waals surface area (Å²) in [5.41, 5.74) is 0.636. The zero-order chi connectivity index (χ0) is 12.7. The topological polar surface area (TPSA) is 0 Å². The Balaban J connectivity index is 5.78. The zero-order valence-corrected chi connectivity index (χ0v) is 13.6. The van der Waals surface area contributed by atoms with Crippen LogP contribution in [-0.2, 0) is 0 Å². The summed E-state index contributed by atoms with van der Waals surface area (Å²) in [6.07, 6.45) is 0. The van der Waals surface area contributed by atoms with Crippen molar-refractivity contribution in [3.8, 4) is 0 Å². The first kappa shape index (κ1) is 15.7. The highest BCUT2D eigenvalue weighted by atomic mass is 35.7. The maximum atomic E-state index is 6.41. The van der Waals surface area contributed by atoms with Gasteiger partial charge in [-0.15, -0.1) is 0 Å². The van der Waals surface area contributed by atoms with Crippen molar-refractivity contribution in [1.82, 2.24) is 0 Å². The molecule has 0 saturated heterocycles. The predicted octanol–water partition coefficient (Wildman–Crippen LogP) is 5.70. The third-order valence-corrected chi connectivity index (χ3v) is 6.90. The van der Waals surface area contributed by atoms with Gasteiger partial charge in [-0.1, -0.05) is 73.6 Å². The van der Waals surface area contributed by atoms with Gasteiger partial charge >= 0.3 is 0 Å². The molecule has 0 spiro atoms. The highest BCUT2D eigenvalue weighted by molar-refractivity contribution is 7.70. The van der Waals surface area contributed by atoms with Gasteiger partial charge in [-0.25, -0.2) is 0 Å². The molecule has 0 aliphatic rings. The second-order valence-electron chi connectivity index (χ2n) is 7.59. The second-order valence-corrected chi connectivity index (χ2v) is 9.10. The van der Waals surface area contributed by atoms with E-state index in [1.807, 2.05) is 0 Å². The molecule has 0 saturated carbocycles. The number of hydrogen-bond acceptors (Lipinski definition) is 0. The summed E-state index contributed by atoms with van der Waals surface area (Å²) in [4.78, 5) is 0. The Labute approximate surface area is 103 Å². The smallest absolute Gasteiger partial charge is 0.0162 e. The van der Waals surface area contributed by atoms with Gasteiger partial charge in [-0.05, 0) is 24.2 Å². The summed E-state index contributed by atoms with van der Waals surface area (Å²) >= 11 is 6.41. The van der Waals surface area contributed by atoms with E-state index in [0.29, 0.717) is 7.93 Å². The Bertz CT molecular complexity index is 176. The van der Waals surface area contributed by atoms with Gasteiger partial charge in [0.15, 0.2) is 0 Å². The molecule has 0 amide bonds. The van der Waals surface area contributed by atoms with Gasteiger partial charge in [0.1, 0.15) is 0 Å². The molecule has 0 radical (unpaired) electrons. The molecule has 0 heterocycles. The van der Waals surface area contributed by atoms with E-state index in [1.54, 1.807) is 0 Å². The Morgan fingerprint density at radius 1 is 0.600 bits per heavy atom. The molecule has 0 bridgehead atoms. The summed E-state index contributed by atoms with van der Waals surface area (Å²) in [5, 5.41) is 0.147. The molecule has 0 rings (SSSR count). The average Bonchev–Trinajstić information content (AvgIpc) is 1.76. The lowest BCUT2D eigenvalue weighted by molar-refractivity contribution is 0.0393. The zero-order valence-electron chi connectivity index (χ0n) is 11.9. The van der Waals surface area contributed by atoms with E-state index in [1.165, 1.54) is 0 Å². The Morgan fingerprint density at radius 2 is 0.800 bits per heavy atom. The third-order valence-electron chi connectivity index (χ3n) is 3.52. The van der Waals surface area contributed by atoms with Crippen LogP contribution in [0.1, 0.15) is 62.3 Å². The van der Waals surface area contributed by atoms with Crippen LogP contribution in [-0.4, -0.2) is 5.16 Å². The van der Waals surface area contributed by atoms with Gasteiger partial charge in [0, 0.05) is 5.16 Å². The fraction of sp³-hybridized carbons (Fsp3) is 1.00. The van der Waals surface area contributed by atoms with Crippen LogP contribution in [0.4, 0.5) is 0 Å². The molecule has 15 heavy (non-hydrogen) atoms. The minimum Gasteiger partial charge on any atom is -0.0994 e. The molecule has 0 aromatic rings. The van der Waals surface area contributed by atoms with Crippen LogP contribution in [0.2, 0.25) is 0 Å². The SMILES string of the molecule is CC(C)(C)C(PCl)(C(C)(C)C)C(C)(C)C. The van der Waals surface area contributed by atoms with Crippen molar-refractivity contribution in [3.05, 3.63) is 0 Å². The molecule has 0 aliphatic carbocycles. The lowest BCUT2D eigenvalue weighted by atomic mass is 9.55. The molecule has 0 nitrogen and oxygen atoms in total. The molecular formula is C13H28ClP. The second kappa shape index (κ2) is 4.19. The molecule has 1 unspecified atom stereocenters. The summed E-state index contributed by atoms with van der Waals surface area (Å²) in [6.45, 7) is 20.9. The van der Waals surface area contributed by atoms with E-state index in [9.17, 15) is 0 Å². The van der Waals surface area contributed by atoms with Crippen LogP contribution in [0.15, 0.2) is 0 Å². The first-order valence-electron chi connectivity index (χ1n) is 5.69. The van der Waals surface area contributed by atoms with E-state index in [-0.39, 0.29) is 21.4 Å².